The molecule has 106 valence electrons. The van der Waals surface area contributed by atoms with Gasteiger partial charge in [-0.15, -0.1) is 0 Å². The molecule has 0 N–H and O–H groups in total. The predicted octanol–water partition coefficient (Wildman–Crippen LogP) is 6.53. The van der Waals surface area contributed by atoms with E-state index in [2.05, 4.69) is 54.5 Å². The first-order valence-corrected chi connectivity index (χ1v) is 7.72. The van der Waals surface area contributed by atoms with E-state index in [-0.39, 0.29) is 0 Å². The van der Waals surface area contributed by atoms with E-state index >= 15 is 0 Å². The molecule has 0 aromatic carbocycles. The van der Waals surface area contributed by atoms with Crippen LogP contribution in [0.25, 0.3) is 0 Å². The molecule has 0 unspecified atom stereocenters. The third kappa shape index (κ3) is 8.55. The molecular formula is C18H34. The van der Waals surface area contributed by atoms with E-state index in [0.717, 1.165) is 11.8 Å². The summed E-state index contributed by atoms with van der Waals surface area (Å²) in [6.07, 6.45) is 8.79. The molecule has 0 amide bonds. The summed E-state index contributed by atoms with van der Waals surface area (Å²) in [7, 11) is 0. The van der Waals surface area contributed by atoms with Gasteiger partial charge in [-0.05, 0) is 56.9 Å². The lowest BCUT2D eigenvalue weighted by molar-refractivity contribution is 0.631. The van der Waals surface area contributed by atoms with Crippen molar-refractivity contribution in [1.29, 1.82) is 0 Å². The van der Waals surface area contributed by atoms with Crippen LogP contribution in [0.2, 0.25) is 0 Å². The highest BCUT2D eigenvalue weighted by Gasteiger charge is 2.04. The molecule has 0 heterocycles. The molecule has 0 nitrogen and oxygen atoms in total. The molecule has 0 aliphatic carbocycles. The van der Waals surface area contributed by atoms with Crippen LogP contribution in [0.4, 0.5) is 0 Å². The molecule has 18 heavy (non-hydrogen) atoms. The fourth-order valence-corrected chi connectivity index (χ4v) is 2.52. The Morgan fingerprint density at radius 1 is 0.944 bits per heavy atom. The van der Waals surface area contributed by atoms with Gasteiger partial charge in [-0.2, -0.15) is 0 Å². The van der Waals surface area contributed by atoms with Gasteiger partial charge in [-0.25, -0.2) is 0 Å². The zero-order chi connectivity index (χ0) is 14.1. The minimum Gasteiger partial charge on any atom is -0.0728 e. The summed E-state index contributed by atoms with van der Waals surface area (Å²) < 4.78 is 0. The summed E-state index contributed by atoms with van der Waals surface area (Å²) in [6.45, 7) is 16.1. The summed E-state index contributed by atoms with van der Waals surface area (Å²) in [6, 6.07) is 0. The maximum Gasteiger partial charge on any atom is -0.0280 e. The van der Waals surface area contributed by atoms with Crippen molar-refractivity contribution in [2.24, 2.45) is 11.8 Å². The first kappa shape index (κ1) is 17.5. The first-order chi connectivity index (χ1) is 8.36. The van der Waals surface area contributed by atoms with Gasteiger partial charge in [-0.3, -0.25) is 0 Å². The molecule has 0 aromatic heterocycles. The predicted molar refractivity (Wildman–Crippen MR) is 84.9 cm³/mol. The highest BCUT2D eigenvalue weighted by Crippen LogP contribution is 2.23. The zero-order valence-electron chi connectivity index (χ0n) is 13.8. The highest BCUT2D eigenvalue weighted by molar-refractivity contribution is 5.28. The second-order valence-corrected chi connectivity index (χ2v) is 6.60. The molecule has 0 atom stereocenters. The van der Waals surface area contributed by atoms with E-state index in [1.807, 2.05) is 0 Å². The van der Waals surface area contributed by atoms with E-state index in [1.54, 1.807) is 16.7 Å². The van der Waals surface area contributed by atoms with Crippen molar-refractivity contribution in [1.82, 2.24) is 0 Å². The third-order valence-corrected chi connectivity index (χ3v) is 3.21. The SMILES string of the molecule is CCCCC(C=C(C)CC(C)C)=C(C)CC(C)C. The Balaban J connectivity index is 4.86. The van der Waals surface area contributed by atoms with E-state index < -0.39 is 0 Å². The fraction of sp³-hybridized carbons (Fsp3) is 0.778. The van der Waals surface area contributed by atoms with Gasteiger partial charge in [0.1, 0.15) is 0 Å². The number of unbranched alkanes of at least 4 members (excludes halogenated alkanes) is 1. The van der Waals surface area contributed by atoms with Crippen LogP contribution in [0.1, 0.15) is 80.6 Å². The topological polar surface area (TPSA) is 0 Å². The number of rotatable bonds is 8. The highest BCUT2D eigenvalue weighted by atomic mass is 14.1. The zero-order valence-corrected chi connectivity index (χ0v) is 13.8. The summed E-state index contributed by atoms with van der Waals surface area (Å²) >= 11 is 0. The van der Waals surface area contributed by atoms with Crippen molar-refractivity contribution in [2.75, 3.05) is 0 Å². The molecule has 0 saturated heterocycles. The Hall–Kier alpha value is -0.520. The van der Waals surface area contributed by atoms with Gasteiger partial charge in [0.15, 0.2) is 0 Å². The second kappa shape index (κ2) is 9.42. The van der Waals surface area contributed by atoms with Crippen LogP contribution in [-0.2, 0) is 0 Å². The van der Waals surface area contributed by atoms with Crippen LogP contribution in [0.3, 0.4) is 0 Å². The molecule has 0 aromatic rings. The van der Waals surface area contributed by atoms with E-state index in [1.165, 1.54) is 32.1 Å². The van der Waals surface area contributed by atoms with Crippen LogP contribution in [0.5, 0.6) is 0 Å². The van der Waals surface area contributed by atoms with Crippen molar-refractivity contribution in [3.05, 3.63) is 22.8 Å². The average Bonchev–Trinajstić information content (AvgIpc) is 2.21. The van der Waals surface area contributed by atoms with Gasteiger partial charge in [0.2, 0.25) is 0 Å². The molecule has 0 fully saturated rings. The molecule has 0 aliphatic rings. The minimum atomic E-state index is 0.763. The summed E-state index contributed by atoms with van der Waals surface area (Å²) in [4.78, 5) is 0. The van der Waals surface area contributed by atoms with Gasteiger partial charge in [0, 0.05) is 0 Å². The lowest BCUT2D eigenvalue weighted by Crippen LogP contribution is -1.95. The lowest BCUT2D eigenvalue weighted by atomic mass is 9.93. The Bertz CT molecular complexity index is 276. The largest absolute Gasteiger partial charge is 0.0728 e. The fourth-order valence-electron chi connectivity index (χ4n) is 2.52. The monoisotopic (exact) mass is 250 g/mol. The maximum atomic E-state index is 2.47. The Morgan fingerprint density at radius 2 is 1.50 bits per heavy atom. The van der Waals surface area contributed by atoms with Crippen LogP contribution in [0.15, 0.2) is 22.8 Å². The van der Waals surface area contributed by atoms with Crippen molar-refractivity contribution in [2.45, 2.75) is 80.6 Å². The van der Waals surface area contributed by atoms with E-state index in [9.17, 15) is 0 Å². The van der Waals surface area contributed by atoms with E-state index in [4.69, 9.17) is 0 Å². The Morgan fingerprint density at radius 3 is 1.94 bits per heavy atom. The molecule has 0 saturated carbocycles. The van der Waals surface area contributed by atoms with Gasteiger partial charge in [0.05, 0.1) is 0 Å². The Kier molecular flexibility index (Phi) is 9.14. The van der Waals surface area contributed by atoms with E-state index in [0.29, 0.717) is 0 Å². The van der Waals surface area contributed by atoms with Gasteiger partial charge >= 0.3 is 0 Å². The molecule has 0 heteroatoms. The molecule has 0 aliphatic heterocycles. The van der Waals surface area contributed by atoms with Crippen LogP contribution >= 0.6 is 0 Å². The Labute approximate surface area is 116 Å². The average molecular weight is 250 g/mol. The maximum absolute atomic E-state index is 2.47. The molecule has 0 bridgehead atoms. The second-order valence-electron chi connectivity index (χ2n) is 6.60. The van der Waals surface area contributed by atoms with Gasteiger partial charge in [0.25, 0.3) is 0 Å². The van der Waals surface area contributed by atoms with Crippen molar-refractivity contribution < 1.29 is 0 Å². The smallest absolute Gasteiger partial charge is 0.0280 e. The standard InChI is InChI=1S/C18H34/c1-8-9-10-18(17(7)12-15(4)5)13-16(6)11-14(2)3/h13-15H,8-12H2,1-7H3. The molecule has 0 radical (unpaired) electrons. The van der Waals surface area contributed by atoms with Crippen LogP contribution < -0.4 is 0 Å². The number of allylic oxidation sites excluding steroid dienone is 4. The lowest BCUT2D eigenvalue weighted by Gasteiger charge is -2.13. The van der Waals surface area contributed by atoms with Crippen molar-refractivity contribution in [3.63, 3.8) is 0 Å². The summed E-state index contributed by atoms with van der Waals surface area (Å²) in [5.41, 5.74) is 4.74. The molecular weight excluding hydrogens is 216 g/mol. The normalized spacial score (nSPS) is 14.4. The van der Waals surface area contributed by atoms with Gasteiger partial charge in [-0.1, -0.05) is 58.3 Å². The first-order valence-electron chi connectivity index (χ1n) is 7.72. The van der Waals surface area contributed by atoms with Crippen LogP contribution in [-0.4, -0.2) is 0 Å². The molecule has 0 rings (SSSR count). The van der Waals surface area contributed by atoms with Crippen molar-refractivity contribution in [3.8, 4) is 0 Å². The number of hydrogen-bond donors (Lipinski definition) is 0. The van der Waals surface area contributed by atoms with Gasteiger partial charge < -0.3 is 0 Å². The number of hydrogen-bond acceptors (Lipinski definition) is 0. The molecule has 0 spiro atoms. The quantitative estimate of drug-likeness (QED) is 0.429. The summed E-state index contributed by atoms with van der Waals surface area (Å²) in [5, 5.41) is 0. The minimum absolute atomic E-state index is 0.763. The van der Waals surface area contributed by atoms with Crippen molar-refractivity contribution >= 4 is 0 Å². The van der Waals surface area contributed by atoms with Crippen LogP contribution in [0, 0.1) is 11.8 Å². The summed E-state index contributed by atoms with van der Waals surface area (Å²) in [5.74, 6) is 1.53. The third-order valence-electron chi connectivity index (χ3n) is 3.21.